The summed E-state index contributed by atoms with van der Waals surface area (Å²) in [6.45, 7) is 2.98. The highest BCUT2D eigenvalue weighted by Crippen LogP contribution is 2.36. The molecule has 1 aliphatic heterocycles. The number of fused-ring (bicyclic) bond motifs is 1. The lowest BCUT2D eigenvalue weighted by molar-refractivity contribution is 0.0327. The van der Waals surface area contributed by atoms with E-state index in [-0.39, 0.29) is 11.4 Å². The molecule has 3 heterocycles. The van der Waals surface area contributed by atoms with Crippen LogP contribution in [-0.2, 0) is 0 Å². The van der Waals surface area contributed by atoms with Crippen LogP contribution in [0.3, 0.4) is 0 Å². The number of aromatic nitrogens is 3. The lowest BCUT2D eigenvalue weighted by Gasteiger charge is -2.48. The monoisotopic (exact) mass is 451 g/mol. The second-order valence-corrected chi connectivity index (χ2v) is 9.52. The first kappa shape index (κ1) is 21.4. The minimum Gasteiger partial charge on any atom is -0.350 e. The number of benzene rings is 1. The van der Waals surface area contributed by atoms with Crippen LogP contribution < -0.4 is 5.32 Å². The number of amides is 1. The Morgan fingerprint density at radius 1 is 1.00 bits per heavy atom. The van der Waals surface area contributed by atoms with Gasteiger partial charge in [-0.05, 0) is 57.0 Å². The van der Waals surface area contributed by atoms with Crippen LogP contribution in [-0.4, -0.2) is 50.5 Å². The third kappa shape index (κ3) is 4.02. The van der Waals surface area contributed by atoms with E-state index in [4.69, 9.17) is 11.6 Å². The van der Waals surface area contributed by atoms with E-state index < -0.39 is 0 Å². The molecule has 0 unspecified atom stereocenters. The summed E-state index contributed by atoms with van der Waals surface area (Å²) in [7, 11) is 0. The van der Waals surface area contributed by atoms with Crippen molar-refractivity contribution in [3.63, 3.8) is 0 Å². The third-order valence-electron chi connectivity index (χ3n) is 7.18. The number of rotatable bonds is 5. The number of nitrogens with zero attached hydrogens (tertiary/aromatic N) is 4. The number of carbonyl (C=O) groups is 1. The molecule has 6 nitrogen and oxygen atoms in total. The summed E-state index contributed by atoms with van der Waals surface area (Å²) in [4.78, 5) is 24.9. The molecule has 1 N–H and O–H groups in total. The fourth-order valence-corrected chi connectivity index (χ4v) is 5.79. The summed E-state index contributed by atoms with van der Waals surface area (Å²) in [5.74, 6) is 0.440. The number of hydrogen-bond acceptors (Lipinski definition) is 4. The van der Waals surface area contributed by atoms with E-state index in [2.05, 4.69) is 20.2 Å². The smallest absolute Gasteiger partial charge is 0.253 e. The van der Waals surface area contributed by atoms with Crippen molar-refractivity contribution < 1.29 is 4.79 Å². The van der Waals surface area contributed by atoms with E-state index in [9.17, 15) is 4.79 Å². The first-order valence-electron chi connectivity index (χ1n) is 11.8. The SMILES string of the molecule is O=C(NCC1(N2CCCCC2)CCCCC1)c1cn(-c2ncccn2)c2cccc(Cl)c12. The summed E-state index contributed by atoms with van der Waals surface area (Å²) in [6.07, 6.45) is 15.1. The van der Waals surface area contributed by atoms with Crippen molar-refractivity contribution in [2.45, 2.75) is 56.9 Å². The molecule has 2 aliphatic rings. The van der Waals surface area contributed by atoms with Crippen LogP contribution in [0.5, 0.6) is 0 Å². The average Bonchev–Trinajstić information content (AvgIpc) is 3.25. The number of nitrogens with one attached hydrogen (secondary N) is 1. The predicted molar refractivity (Wildman–Crippen MR) is 127 cm³/mol. The summed E-state index contributed by atoms with van der Waals surface area (Å²) in [5, 5.41) is 4.60. The molecule has 2 aromatic heterocycles. The number of carbonyl (C=O) groups excluding carboxylic acids is 1. The van der Waals surface area contributed by atoms with Gasteiger partial charge in [0.1, 0.15) is 0 Å². The normalized spacial score (nSPS) is 19.2. The maximum Gasteiger partial charge on any atom is 0.253 e. The molecular formula is C25H30ClN5O. The molecule has 32 heavy (non-hydrogen) atoms. The Labute approximate surface area is 194 Å². The van der Waals surface area contributed by atoms with Crippen LogP contribution in [0.4, 0.5) is 0 Å². The number of hydrogen-bond donors (Lipinski definition) is 1. The number of likely N-dealkylation sites (tertiary alicyclic amines) is 1. The minimum absolute atomic E-state index is 0.0824. The maximum atomic E-state index is 13.5. The van der Waals surface area contributed by atoms with Crippen molar-refractivity contribution in [2.24, 2.45) is 0 Å². The van der Waals surface area contributed by atoms with Gasteiger partial charge < -0.3 is 5.32 Å². The Bertz CT molecular complexity index is 1080. The van der Waals surface area contributed by atoms with Crippen molar-refractivity contribution in [3.05, 3.63) is 53.4 Å². The van der Waals surface area contributed by atoms with Gasteiger partial charge in [-0.1, -0.05) is 43.4 Å². The molecule has 0 bridgehead atoms. The van der Waals surface area contributed by atoms with Gasteiger partial charge in [0.2, 0.25) is 5.95 Å². The third-order valence-corrected chi connectivity index (χ3v) is 7.50. The highest BCUT2D eigenvalue weighted by atomic mass is 35.5. The van der Waals surface area contributed by atoms with Crippen molar-refractivity contribution in [1.82, 2.24) is 24.8 Å². The molecule has 0 atom stereocenters. The van der Waals surface area contributed by atoms with Gasteiger partial charge in [-0.25, -0.2) is 9.97 Å². The fraction of sp³-hybridized carbons (Fsp3) is 0.480. The summed E-state index contributed by atoms with van der Waals surface area (Å²) < 4.78 is 1.84. The lowest BCUT2D eigenvalue weighted by Crippen LogP contribution is -2.58. The van der Waals surface area contributed by atoms with Gasteiger partial charge >= 0.3 is 0 Å². The van der Waals surface area contributed by atoms with Gasteiger partial charge in [-0.3, -0.25) is 14.3 Å². The van der Waals surface area contributed by atoms with E-state index in [1.165, 1.54) is 38.5 Å². The molecule has 3 aromatic rings. The second-order valence-electron chi connectivity index (χ2n) is 9.11. The quantitative estimate of drug-likeness (QED) is 0.593. The van der Waals surface area contributed by atoms with E-state index >= 15 is 0 Å². The zero-order valence-electron chi connectivity index (χ0n) is 18.4. The number of piperidine rings is 1. The van der Waals surface area contributed by atoms with Crippen molar-refractivity contribution >= 4 is 28.4 Å². The fourth-order valence-electron chi connectivity index (χ4n) is 5.52. The first-order valence-corrected chi connectivity index (χ1v) is 12.2. The standard InChI is InChI=1S/C25H30ClN5O/c26-20-9-7-10-21-22(20)19(17-31(21)24-27-13-8-14-28-24)23(32)29-18-25(11-3-1-4-12-25)30-15-5-2-6-16-30/h7-10,13-14,17H,1-6,11-12,15-16,18H2,(H,29,32). The van der Waals surface area contributed by atoms with Crippen LogP contribution in [0.25, 0.3) is 16.9 Å². The molecular weight excluding hydrogens is 422 g/mol. The van der Waals surface area contributed by atoms with Gasteiger partial charge in [-0.2, -0.15) is 0 Å². The topological polar surface area (TPSA) is 63.1 Å². The Morgan fingerprint density at radius 2 is 1.72 bits per heavy atom. The van der Waals surface area contributed by atoms with E-state index in [1.807, 2.05) is 29.0 Å². The molecule has 0 spiro atoms. The van der Waals surface area contributed by atoms with Gasteiger partial charge in [0.05, 0.1) is 16.1 Å². The maximum absolute atomic E-state index is 13.5. The first-order chi connectivity index (χ1) is 15.7. The van der Waals surface area contributed by atoms with Crippen LogP contribution in [0.2, 0.25) is 5.02 Å². The molecule has 5 rings (SSSR count). The van der Waals surface area contributed by atoms with Crippen LogP contribution in [0, 0.1) is 0 Å². The van der Waals surface area contributed by atoms with Gasteiger partial charge in [0.25, 0.3) is 5.91 Å². The largest absolute Gasteiger partial charge is 0.350 e. The van der Waals surface area contributed by atoms with Crippen molar-refractivity contribution in [1.29, 1.82) is 0 Å². The van der Waals surface area contributed by atoms with E-state index in [0.29, 0.717) is 23.1 Å². The lowest BCUT2D eigenvalue weighted by atomic mass is 9.79. The molecule has 2 fully saturated rings. The van der Waals surface area contributed by atoms with Crippen LogP contribution in [0.15, 0.2) is 42.9 Å². The summed E-state index contributed by atoms with van der Waals surface area (Å²) >= 11 is 6.56. The molecule has 0 radical (unpaired) electrons. The Morgan fingerprint density at radius 3 is 2.47 bits per heavy atom. The minimum atomic E-state index is -0.0836. The predicted octanol–water partition coefficient (Wildman–Crippen LogP) is 4.99. The highest BCUT2D eigenvalue weighted by molar-refractivity contribution is 6.37. The molecule has 7 heteroatoms. The average molecular weight is 452 g/mol. The van der Waals surface area contributed by atoms with Crippen molar-refractivity contribution in [3.8, 4) is 5.95 Å². The Hall–Kier alpha value is -2.44. The van der Waals surface area contributed by atoms with Gasteiger partial charge in [0, 0.05) is 36.1 Å². The van der Waals surface area contributed by atoms with Gasteiger partial charge in [0.15, 0.2) is 0 Å². The van der Waals surface area contributed by atoms with Crippen LogP contribution in [0.1, 0.15) is 61.7 Å². The molecule has 1 amide bonds. The molecule has 1 saturated carbocycles. The molecule has 1 aromatic carbocycles. The van der Waals surface area contributed by atoms with E-state index in [1.54, 1.807) is 18.5 Å². The Balaban J connectivity index is 1.44. The van der Waals surface area contributed by atoms with Crippen LogP contribution >= 0.6 is 11.6 Å². The summed E-state index contributed by atoms with van der Waals surface area (Å²) in [5.41, 5.74) is 1.49. The van der Waals surface area contributed by atoms with E-state index in [0.717, 1.165) is 36.8 Å². The zero-order valence-corrected chi connectivity index (χ0v) is 19.2. The van der Waals surface area contributed by atoms with Gasteiger partial charge in [-0.15, -0.1) is 0 Å². The zero-order chi connectivity index (χ0) is 22.0. The molecule has 1 aliphatic carbocycles. The number of halogens is 1. The van der Waals surface area contributed by atoms with Crippen molar-refractivity contribution in [2.75, 3.05) is 19.6 Å². The molecule has 1 saturated heterocycles. The molecule has 168 valence electrons. The highest BCUT2D eigenvalue weighted by Gasteiger charge is 2.38. The Kier molecular flexibility index (Phi) is 6.15. The summed E-state index contributed by atoms with van der Waals surface area (Å²) in [6, 6.07) is 7.44. The second kappa shape index (κ2) is 9.20.